The van der Waals surface area contributed by atoms with E-state index in [4.69, 9.17) is 0 Å². The van der Waals surface area contributed by atoms with Crippen molar-refractivity contribution in [2.75, 3.05) is 11.9 Å². The number of unbranched alkanes of at least 4 members (excludes halogenated alkanes) is 3. The Balaban J connectivity index is 2.31. The second-order valence-corrected chi connectivity index (χ2v) is 8.63. The molecular formula is C26H36FN5O. The van der Waals surface area contributed by atoms with Gasteiger partial charge in [0.25, 0.3) is 0 Å². The second-order valence-electron chi connectivity index (χ2n) is 8.63. The summed E-state index contributed by atoms with van der Waals surface area (Å²) in [5.41, 5.74) is 4.20. The molecule has 0 saturated heterocycles. The number of nitrogens with one attached hydrogen (secondary N) is 2. The fourth-order valence-corrected chi connectivity index (χ4v) is 3.51. The van der Waals surface area contributed by atoms with Crippen LogP contribution in [-0.4, -0.2) is 30.1 Å². The molecule has 2 N–H and O–H groups in total. The predicted octanol–water partition coefficient (Wildman–Crippen LogP) is 6.90. The molecule has 0 saturated carbocycles. The third kappa shape index (κ3) is 7.20. The number of aryl methyl sites for hydroxylation is 3. The van der Waals surface area contributed by atoms with Crippen molar-refractivity contribution in [2.24, 2.45) is 15.9 Å². The van der Waals surface area contributed by atoms with Crippen LogP contribution in [0.25, 0.3) is 11.1 Å². The molecule has 0 unspecified atom stereocenters. The van der Waals surface area contributed by atoms with Crippen molar-refractivity contribution in [1.29, 1.82) is 0 Å². The molecule has 1 aromatic carbocycles. The largest absolute Gasteiger partial charge is 0.338 e. The maximum Gasteiger partial charge on any atom is 0.319 e. The number of amides is 2. The number of carbonyl (C=O) groups excluding carboxylic acids is 1. The van der Waals surface area contributed by atoms with Gasteiger partial charge in [0.1, 0.15) is 11.7 Å². The summed E-state index contributed by atoms with van der Waals surface area (Å²) >= 11 is 0. The molecule has 1 aromatic heterocycles. The van der Waals surface area contributed by atoms with Crippen LogP contribution < -0.4 is 10.6 Å². The molecular weight excluding hydrogens is 417 g/mol. The fourth-order valence-electron chi connectivity index (χ4n) is 3.51. The molecule has 0 aliphatic carbocycles. The molecule has 2 rings (SSSR count). The lowest BCUT2D eigenvalue weighted by Crippen LogP contribution is -2.29. The lowest BCUT2D eigenvalue weighted by atomic mass is 9.97. The minimum atomic E-state index is -0.473. The standard InChI is InChI=1S/C26H36FN5O/c1-8-9-10-11-12-29-26(33)31-23-15-20(17(4)14-22(23)27)21-13-18(5)25(30-19(21)6)32-24(28-7)16(2)3/h13-16H,7-12H2,1-6H3,(H2,29,31,33). The van der Waals surface area contributed by atoms with Gasteiger partial charge in [-0.3, -0.25) is 0 Å². The van der Waals surface area contributed by atoms with Crippen molar-refractivity contribution in [3.63, 3.8) is 0 Å². The van der Waals surface area contributed by atoms with Gasteiger partial charge >= 0.3 is 6.03 Å². The van der Waals surface area contributed by atoms with Gasteiger partial charge in [0.05, 0.1) is 5.69 Å². The molecule has 0 spiro atoms. The zero-order valence-electron chi connectivity index (χ0n) is 20.7. The van der Waals surface area contributed by atoms with Crippen LogP contribution in [0.15, 0.2) is 28.2 Å². The third-order valence-corrected chi connectivity index (χ3v) is 5.44. The number of carbonyl (C=O) groups is 1. The molecule has 178 valence electrons. The number of hydrogen-bond acceptors (Lipinski definition) is 3. The Bertz CT molecular complexity index is 1030. The van der Waals surface area contributed by atoms with E-state index in [2.05, 4.69) is 39.2 Å². The average molecular weight is 454 g/mol. The van der Waals surface area contributed by atoms with Crippen LogP contribution in [0.3, 0.4) is 0 Å². The summed E-state index contributed by atoms with van der Waals surface area (Å²) in [5, 5.41) is 5.44. The van der Waals surface area contributed by atoms with Gasteiger partial charge in [-0.15, -0.1) is 0 Å². The summed E-state index contributed by atoms with van der Waals surface area (Å²) in [4.78, 5) is 25.5. The lowest BCUT2D eigenvalue weighted by molar-refractivity contribution is 0.251. The van der Waals surface area contributed by atoms with Gasteiger partial charge in [-0.2, -0.15) is 0 Å². The predicted molar refractivity (Wildman–Crippen MR) is 136 cm³/mol. The van der Waals surface area contributed by atoms with E-state index in [1.54, 1.807) is 6.07 Å². The first-order valence-corrected chi connectivity index (χ1v) is 11.6. The highest BCUT2D eigenvalue weighted by atomic mass is 19.1. The average Bonchev–Trinajstić information content (AvgIpc) is 2.75. The van der Waals surface area contributed by atoms with Crippen molar-refractivity contribution < 1.29 is 9.18 Å². The Labute approximate surface area is 196 Å². The number of aromatic nitrogens is 1. The summed E-state index contributed by atoms with van der Waals surface area (Å²) in [6.07, 6.45) is 4.24. The summed E-state index contributed by atoms with van der Waals surface area (Å²) in [5.74, 6) is 0.879. The molecule has 2 aromatic rings. The van der Waals surface area contributed by atoms with Crippen molar-refractivity contribution in [3.05, 3.63) is 40.8 Å². The van der Waals surface area contributed by atoms with E-state index in [0.29, 0.717) is 18.2 Å². The monoisotopic (exact) mass is 453 g/mol. The molecule has 0 bridgehead atoms. The second kappa shape index (κ2) is 12.2. The van der Waals surface area contributed by atoms with Crippen molar-refractivity contribution in [1.82, 2.24) is 10.3 Å². The van der Waals surface area contributed by atoms with Crippen LogP contribution in [0.4, 0.5) is 20.7 Å². The van der Waals surface area contributed by atoms with E-state index in [9.17, 15) is 9.18 Å². The molecule has 6 nitrogen and oxygen atoms in total. The molecule has 0 aliphatic heterocycles. The Morgan fingerprint density at radius 2 is 1.82 bits per heavy atom. The number of rotatable bonds is 9. The molecule has 7 heteroatoms. The molecule has 2 amide bonds. The van der Waals surface area contributed by atoms with Gasteiger partial charge in [0.15, 0.2) is 5.82 Å². The summed E-state index contributed by atoms with van der Waals surface area (Å²) in [6.45, 7) is 16.0. The van der Waals surface area contributed by atoms with Crippen molar-refractivity contribution >= 4 is 30.1 Å². The van der Waals surface area contributed by atoms with E-state index in [1.165, 1.54) is 6.07 Å². The van der Waals surface area contributed by atoms with Crippen LogP contribution in [0.1, 0.15) is 63.3 Å². The third-order valence-electron chi connectivity index (χ3n) is 5.44. The highest BCUT2D eigenvalue weighted by Crippen LogP contribution is 2.33. The maximum atomic E-state index is 14.6. The van der Waals surface area contributed by atoms with Crippen LogP contribution in [-0.2, 0) is 0 Å². The van der Waals surface area contributed by atoms with Gasteiger partial charge in [-0.25, -0.2) is 24.2 Å². The van der Waals surface area contributed by atoms with Crippen molar-refractivity contribution in [3.8, 4) is 11.1 Å². The lowest BCUT2D eigenvalue weighted by Gasteiger charge is -2.15. The quantitative estimate of drug-likeness (QED) is 0.246. The minimum Gasteiger partial charge on any atom is -0.338 e. The summed E-state index contributed by atoms with van der Waals surface area (Å²) in [6, 6.07) is 4.68. The number of amidine groups is 1. The van der Waals surface area contributed by atoms with E-state index < -0.39 is 11.8 Å². The molecule has 0 fully saturated rings. The number of hydrogen-bond donors (Lipinski definition) is 2. The van der Waals surface area contributed by atoms with Crippen LogP contribution >= 0.6 is 0 Å². The minimum absolute atomic E-state index is 0.134. The Morgan fingerprint density at radius 3 is 2.45 bits per heavy atom. The maximum absolute atomic E-state index is 14.6. The van der Waals surface area contributed by atoms with Gasteiger partial charge in [0, 0.05) is 23.7 Å². The van der Waals surface area contributed by atoms with Crippen LogP contribution in [0.5, 0.6) is 0 Å². The first kappa shape index (κ1) is 26.2. The van der Waals surface area contributed by atoms with Gasteiger partial charge in [-0.05, 0) is 68.8 Å². The smallest absolute Gasteiger partial charge is 0.319 e. The highest BCUT2D eigenvalue weighted by molar-refractivity contribution is 5.91. The number of anilines is 1. The topological polar surface area (TPSA) is 78.7 Å². The Kier molecular flexibility index (Phi) is 9.70. The summed E-state index contributed by atoms with van der Waals surface area (Å²) in [7, 11) is 0. The Morgan fingerprint density at radius 1 is 1.09 bits per heavy atom. The zero-order valence-corrected chi connectivity index (χ0v) is 20.7. The zero-order chi connectivity index (χ0) is 24.5. The van der Waals surface area contributed by atoms with Gasteiger partial charge < -0.3 is 10.6 Å². The van der Waals surface area contributed by atoms with E-state index >= 15 is 0 Å². The molecule has 0 aliphatic rings. The normalized spacial score (nSPS) is 11.6. The van der Waals surface area contributed by atoms with Crippen LogP contribution in [0, 0.1) is 32.5 Å². The highest BCUT2D eigenvalue weighted by Gasteiger charge is 2.15. The molecule has 0 radical (unpaired) electrons. The number of aliphatic imine (C=N–C) groups is 2. The SMILES string of the molecule is C=NC(=Nc1nc(C)c(-c2cc(NC(=O)NCCCCCC)c(F)cc2C)cc1C)C(C)C. The molecule has 0 atom stereocenters. The number of pyridine rings is 1. The summed E-state index contributed by atoms with van der Waals surface area (Å²) < 4.78 is 14.6. The number of urea groups is 1. The van der Waals surface area contributed by atoms with E-state index in [-0.39, 0.29) is 11.6 Å². The van der Waals surface area contributed by atoms with E-state index in [0.717, 1.165) is 53.6 Å². The number of benzene rings is 1. The first-order chi connectivity index (χ1) is 15.7. The molecule has 33 heavy (non-hydrogen) atoms. The van der Waals surface area contributed by atoms with Crippen molar-refractivity contribution in [2.45, 2.75) is 67.2 Å². The first-order valence-electron chi connectivity index (χ1n) is 11.6. The number of halogens is 1. The van der Waals surface area contributed by atoms with E-state index in [1.807, 2.05) is 40.7 Å². The fraction of sp³-hybridized carbons (Fsp3) is 0.462. The molecule has 1 heterocycles. The van der Waals surface area contributed by atoms with Crippen LogP contribution in [0.2, 0.25) is 0 Å². The van der Waals surface area contributed by atoms with Gasteiger partial charge in [-0.1, -0.05) is 40.0 Å². The van der Waals surface area contributed by atoms with Gasteiger partial charge in [0.2, 0.25) is 0 Å². The Hall–Kier alpha value is -3.09. The number of nitrogens with zero attached hydrogens (tertiary/aromatic N) is 3.